The number of carbonyl (C=O) groups excluding carboxylic acids is 2. The van der Waals surface area contributed by atoms with Gasteiger partial charge in [0, 0.05) is 41.9 Å². The molecule has 0 aliphatic carbocycles. The Bertz CT molecular complexity index is 998. The smallest absolute Gasteiger partial charge is 0.254 e. The van der Waals surface area contributed by atoms with Gasteiger partial charge in [-0.25, -0.2) is 4.39 Å². The van der Waals surface area contributed by atoms with Gasteiger partial charge in [0.05, 0.1) is 18.2 Å². The third kappa shape index (κ3) is 3.84. The van der Waals surface area contributed by atoms with Gasteiger partial charge in [-0.2, -0.15) is 0 Å². The minimum absolute atomic E-state index is 0.00840. The lowest BCUT2D eigenvalue weighted by Crippen LogP contribution is -2.42. The van der Waals surface area contributed by atoms with Crippen molar-refractivity contribution >= 4 is 40.7 Å². The van der Waals surface area contributed by atoms with Crippen molar-refractivity contribution in [3.8, 4) is 0 Å². The fraction of sp³-hybridized carbons (Fsp3) is 0.333. The van der Waals surface area contributed by atoms with Gasteiger partial charge in [0.15, 0.2) is 0 Å². The maximum absolute atomic E-state index is 13.9. The van der Waals surface area contributed by atoms with Gasteiger partial charge in [0.2, 0.25) is 5.91 Å². The van der Waals surface area contributed by atoms with Crippen LogP contribution in [-0.4, -0.2) is 43.0 Å². The highest BCUT2D eigenvalue weighted by atomic mass is 35.5. The maximum Gasteiger partial charge on any atom is 0.254 e. The topological polar surface area (TPSA) is 49.9 Å². The molecule has 1 atom stereocenters. The molecule has 2 aliphatic heterocycles. The summed E-state index contributed by atoms with van der Waals surface area (Å²) >= 11 is 12.0. The molecule has 2 aromatic carbocycles. The number of hydrogen-bond donors (Lipinski definition) is 0. The monoisotopic (exact) mass is 436 g/mol. The third-order valence-electron chi connectivity index (χ3n) is 5.34. The number of anilines is 1. The molecule has 0 spiro atoms. The van der Waals surface area contributed by atoms with Crippen molar-refractivity contribution in [3.05, 3.63) is 62.9 Å². The van der Waals surface area contributed by atoms with E-state index in [4.69, 9.17) is 27.9 Å². The van der Waals surface area contributed by atoms with Crippen LogP contribution < -0.4 is 4.90 Å². The number of halogens is 3. The maximum atomic E-state index is 13.9. The van der Waals surface area contributed by atoms with E-state index < -0.39 is 11.9 Å². The number of carbonyl (C=O) groups is 2. The zero-order chi connectivity index (χ0) is 20.7. The highest BCUT2D eigenvalue weighted by Crippen LogP contribution is 2.33. The number of amides is 2. The first kappa shape index (κ1) is 20.1. The fourth-order valence-corrected chi connectivity index (χ4v) is 4.36. The van der Waals surface area contributed by atoms with E-state index in [9.17, 15) is 14.0 Å². The normalized spacial score (nSPS) is 18.7. The number of benzene rings is 2. The highest BCUT2D eigenvalue weighted by Gasteiger charge is 2.29. The summed E-state index contributed by atoms with van der Waals surface area (Å²) in [5.74, 6) is -0.717. The summed E-state index contributed by atoms with van der Waals surface area (Å²) in [6.45, 7) is 3.17. The Morgan fingerprint density at radius 1 is 1.14 bits per heavy atom. The van der Waals surface area contributed by atoms with Crippen molar-refractivity contribution in [2.24, 2.45) is 0 Å². The fourth-order valence-electron chi connectivity index (χ4n) is 3.85. The number of rotatable bonds is 2. The van der Waals surface area contributed by atoms with Gasteiger partial charge in [-0.3, -0.25) is 9.59 Å². The highest BCUT2D eigenvalue weighted by molar-refractivity contribution is 6.35. The molecule has 0 saturated carbocycles. The first-order valence-electron chi connectivity index (χ1n) is 9.31. The van der Waals surface area contributed by atoms with Crippen LogP contribution in [0.2, 0.25) is 10.0 Å². The number of ether oxygens (including phenoxy) is 1. The lowest BCUT2D eigenvalue weighted by molar-refractivity contribution is -0.116. The van der Waals surface area contributed by atoms with Crippen molar-refractivity contribution in [3.63, 3.8) is 0 Å². The lowest BCUT2D eigenvalue weighted by atomic mass is 10.0. The largest absolute Gasteiger partial charge is 0.370 e. The van der Waals surface area contributed by atoms with Crippen LogP contribution in [0, 0.1) is 5.82 Å². The zero-order valence-electron chi connectivity index (χ0n) is 15.8. The molecule has 0 N–H and O–H groups in total. The second kappa shape index (κ2) is 7.94. The van der Waals surface area contributed by atoms with Crippen molar-refractivity contribution in [1.29, 1.82) is 0 Å². The van der Waals surface area contributed by atoms with Gasteiger partial charge in [-0.15, -0.1) is 0 Å². The van der Waals surface area contributed by atoms with Crippen LogP contribution in [0.1, 0.15) is 34.5 Å². The molecule has 2 aromatic rings. The summed E-state index contributed by atoms with van der Waals surface area (Å²) in [6.07, 6.45) is 0.191. The van der Waals surface area contributed by atoms with Crippen LogP contribution in [0.4, 0.5) is 10.1 Å². The summed E-state index contributed by atoms with van der Waals surface area (Å²) in [7, 11) is 0. The molecule has 1 fully saturated rings. The molecule has 152 valence electrons. The van der Waals surface area contributed by atoms with Crippen LogP contribution >= 0.6 is 23.2 Å². The van der Waals surface area contributed by atoms with E-state index >= 15 is 0 Å². The van der Waals surface area contributed by atoms with Gasteiger partial charge in [-0.05, 0) is 42.3 Å². The molecule has 2 heterocycles. The SMILES string of the molecule is CC(=O)N1CCc2cc(C(=O)N3CCOC(c4cc(F)c(Cl)cc4Cl)C3)ccc21. The van der Waals surface area contributed by atoms with E-state index in [0.29, 0.717) is 35.8 Å². The van der Waals surface area contributed by atoms with Gasteiger partial charge in [-0.1, -0.05) is 23.2 Å². The summed E-state index contributed by atoms with van der Waals surface area (Å²) in [4.78, 5) is 28.2. The van der Waals surface area contributed by atoms with Crippen LogP contribution in [-0.2, 0) is 16.0 Å². The van der Waals surface area contributed by atoms with Crippen molar-refractivity contribution in [2.75, 3.05) is 31.1 Å². The van der Waals surface area contributed by atoms with Gasteiger partial charge in [0.25, 0.3) is 5.91 Å². The molecule has 8 heteroatoms. The van der Waals surface area contributed by atoms with E-state index in [-0.39, 0.29) is 23.4 Å². The molecule has 1 saturated heterocycles. The molecule has 0 aromatic heterocycles. The van der Waals surface area contributed by atoms with Gasteiger partial charge >= 0.3 is 0 Å². The Morgan fingerprint density at radius 3 is 2.69 bits per heavy atom. The molecule has 2 aliphatic rings. The molecule has 5 nitrogen and oxygen atoms in total. The minimum Gasteiger partial charge on any atom is -0.370 e. The predicted octanol–water partition coefficient (Wildman–Crippen LogP) is 4.26. The van der Waals surface area contributed by atoms with E-state index in [2.05, 4.69) is 0 Å². The summed E-state index contributed by atoms with van der Waals surface area (Å²) < 4.78 is 19.6. The molecule has 4 rings (SSSR count). The van der Waals surface area contributed by atoms with Crippen LogP contribution in [0.15, 0.2) is 30.3 Å². The number of fused-ring (bicyclic) bond motifs is 1. The Hall–Kier alpha value is -2.15. The molecule has 0 radical (unpaired) electrons. The van der Waals surface area contributed by atoms with Crippen molar-refractivity contribution < 1.29 is 18.7 Å². The molecule has 29 heavy (non-hydrogen) atoms. The molecule has 2 amide bonds. The quantitative estimate of drug-likeness (QED) is 0.660. The minimum atomic E-state index is -0.577. The Kier molecular flexibility index (Phi) is 5.51. The molecule has 0 bridgehead atoms. The summed E-state index contributed by atoms with van der Waals surface area (Å²) in [5.41, 5.74) is 2.87. The predicted molar refractivity (Wildman–Crippen MR) is 109 cm³/mol. The summed E-state index contributed by atoms with van der Waals surface area (Å²) in [5, 5.41) is 0.248. The van der Waals surface area contributed by atoms with E-state index in [1.165, 1.54) is 19.1 Å². The number of morpholine rings is 1. The van der Waals surface area contributed by atoms with Gasteiger partial charge < -0.3 is 14.5 Å². The molecular weight excluding hydrogens is 418 g/mol. The second-order valence-corrected chi connectivity index (χ2v) is 7.98. The average molecular weight is 437 g/mol. The lowest BCUT2D eigenvalue weighted by Gasteiger charge is -2.33. The van der Waals surface area contributed by atoms with Crippen molar-refractivity contribution in [1.82, 2.24) is 4.90 Å². The van der Waals surface area contributed by atoms with Crippen LogP contribution in [0.3, 0.4) is 0 Å². The Morgan fingerprint density at radius 2 is 1.93 bits per heavy atom. The van der Waals surface area contributed by atoms with E-state index in [1.807, 2.05) is 12.1 Å². The molecule has 1 unspecified atom stereocenters. The summed E-state index contributed by atoms with van der Waals surface area (Å²) in [6, 6.07) is 8.01. The second-order valence-electron chi connectivity index (χ2n) is 7.16. The number of hydrogen-bond acceptors (Lipinski definition) is 3. The Balaban J connectivity index is 1.54. The van der Waals surface area contributed by atoms with E-state index in [1.54, 1.807) is 15.9 Å². The van der Waals surface area contributed by atoms with Gasteiger partial charge in [0.1, 0.15) is 11.9 Å². The zero-order valence-corrected chi connectivity index (χ0v) is 17.3. The average Bonchev–Trinajstić information content (AvgIpc) is 3.14. The number of nitrogens with zero attached hydrogens (tertiary/aromatic N) is 2. The first-order chi connectivity index (χ1) is 13.8. The Labute approximate surface area is 177 Å². The van der Waals surface area contributed by atoms with Crippen LogP contribution in [0.5, 0.6) is 0 Å². The first-order valence-corrected chi connectivity index (χ1v) is 10.1. The third-order valence-corrected chi connectivity index (χ3v) is 5.96. The standard InChI is InChI=1S/C21H19Cl2FN2O3/c1-12(27)26-5-4-13-8-14(2-3-19(13)26)21(28)25-6-7-29-20(11-25)15-9-18(24)17(23)10-16(15)22/h2-3,8-10,20H,4-7,11H2,1H3. The van der Waals surface area contributed by atoms with E-state index in [0.717, 1.165) is 17.7 Å². The molecular formula is C21H19Cl2FN2O3. The van der Waals surface area contributed by atoms with Crippen molar-refractivity contribution in [2.45, 2.75) is 19.4 Å². The van der Waals surface area contributed by atoms with Crippen LogP contribution in [0.25, 0.3) is 0 Å².